The largest absolute Gasteiger partial charge is 0.474 e. The van der Waals surface area contributed by atoms with Gasteiger partial charge in [-0.25, -0.2) is 14.3 Å². The Morgan fingerprint density at radius 2 is 1.95 bits per heavy atom. The zero-order valence-electron chi connectivity index (χ0n) is 22.4. The molecule has 212 valence electrons. The first kappa shape index (κ1) is 27.7. The van der Waals surface area contributed by atoms with Gasteiger partial charge in [0.25, 0.3) is 11.8 Å². The number of primary amides is 1. The molecule has 0 atom stereocenters. The smallest absolute Gasteiger partial charge is 0.333 e. The lowest BCUT2D eigenvalue weighted by Gasteiger charge is -2.29. The Hall–Kier alpha value is -4.86. The molecule has 0 saturated heterocycles. The number of fused-ring (bicyclic) bond motifs is 1. The number of carbonyl (C=O) groups excluding carboxylic acids is 2. The predicted octanol–water partition coefficient (Wildman–Crippen LogP) is 4.17. The maximum Gasteiger partial charge on any atom is 0.333 e. The average molecular weight is 563 g/mol. The Labute approximate surface area is 233 Å². The van der Waals surface area contributed by atoms with Crippen molar-refractivity contribution in [1.82, 2.24) is 29.9 Å². The number of amides is 2. The van der Waals surface area contributed by atoms with Crippen molar-refractivity contribution in [3.05, 3.63) is 60.2 Å². The van der Waals surface area contributed by atoms with Crippen molar-refractivity contribution in [2.24, 2.45) is 5.73 Å². The lowest BCUT2D eigenvalue weighted by Crippen LogP contribution is -2.40. The molecule has 1 aliphatic rings. The summed E-state index contributed by atoms with van der Waals surface area (Å²) < 4.78 is 34.1. The number of hydrogen-bond donors (Lipinski definition) is 2. The molecule has 0 spiro atoms. The number of hydrogen-bond acceptors (Lipinski definition) is 7. The first-order chi connectivity index (χ1) is 19.6. The van der Waals surface area contributed by atoms with Gasteiger partial charge in [-0.15, -0.1) is 0 Å². The van der Waals surface area contributed by atoms with Crippen LogP contribution < -0.4 is 15.8 Å². The van der Waals surface area contributed by atoms with E-state index in [2.05, 4.69) is 26.6 Å². The fraction of sp³-hybridized carbons (Fsp3) is 0.357. The highest BCUT2D eigenvalue weighted by molar-refractivity contribution is 6.05. The summed E-state index contributed by atoms with van der Waals surface area (Å²) >= 11 is 0. The highest BCUT2D eigenvalue weighted by Crippen LogP contribution is 2.31. The van der Waals surface area contributed by atoms with Gasteiger partial charge in [0, 0.05) is 29.4 Å². The summed E-state index contributed by atoms with van der Waals surface area (Å²) in [6.07, 6.45) is 6.45. The number of rotatable bonds is 8. The molecule has 5 rings (SSSR count). The number of nitrogens with zero attached hydrogens (tertiary/aromatic N) is 6. The van der Waals surface area contributed by atoms with Crippen molar-refractivity contribution >= 4 is 22.7 Å². The molecular formula is C28H28F2N8O3. The van der Waals surface area contributed by atoms with Crippen LogP contribution in [0.3, 0.4) is 0 Å². The third-order valence-corrected chi connectivity index (χ3v) is 7.16. The molecule has 13 heteroatoms. The summed E-state index contributed by atoms with van der Waals surface area (Å²) in [4.78, 5) is 29.2. The van der Waals surface area contributed by atoms with Crippen LogP contribution in [0.2, 0.25) is 0 Å². The standard InChI is InChI=1S/C28H28F2N8O3/c1-28(2,15-31)38-22-12-16(17-13-34-37(14-17)27(29)30)5-10-20(22)23(36-38)25(40)35-18-6-8-19(9-7-18)41-26-21(24(32)39)4-3-11-33-26/h3-5,10-14,18-19,27H,6-9H2,1-2H3,(H2,32,39)(H,35,40)/t18-,19-. The van der Waals surface area contributed by atoms with Gasteiger partial charge in [-0.3, -0.25) is 9.59 Å². The molecule has 0 radical (unpaired) electrons. The molecule has 3 N–H and O–H groups in total. The van der Waals surface area contributed by atoms with E-state index in [-0.39, 0.29) is 35.2 Å². The molecule has 0 bridgehead atoms. The Morgan fingerprint density at radius 1 is 1.20 bits per heavy atom. The fourth-order valence-electron chi connectivity index (χ4n) is 4.94. The van der Waals surface area contributed by atoms with Gasteiger partial charge in [0.05, 0.1) is 17.8 Å². The average Bonchev–Trinajstić information content (AvgIpc) is 3.60. The Bertz CT molecular complexity index is 1650. The molecule has 1 aromatic carbocycles. The van der Waals surface area contributed by atoms with Crippen molar-refractivity contribution in [1.29, 1.82) is 5.26 Å². The van der Waals surface area contributed by atoms with Gasteiger partial charge in [-0.2, -0.15) is 24.2 Å². The highest BCUT2D eigenvalue weighted by atomic mass is 19.3. The zero-order chi connectivity index (χ0) is 29.3. The summed E-state index contributed by atoms with van der Waals surface area (Å²) in [5.74, 6) is -0.799. The van der Waals surface area contributed by atoms with Gasteiger partial charge in [0.2, 0.25) is 5.88 Å². The summed E-state index contributed by atoms with van der Waals surface area (Å²) in [6.45, 7) is 0.583. The van der Waals surface area contributed by atoms with Gasteiger partial charge in [-0.05, 0) is 69.4 Å². The van der Waals surface area contributed by atoms with Crippen molar-refractivity contribution in [3.8, 4) is 23.1 Å². The van der Waals surface area contributed by atoms with Crippen LogP contribution in [0, 0.1) is 11.3 Å². The second-order valence-corrected chi connectivity index (χ2v) is 10.4. The first-order valence-electron chi connectivity index (χ1n) is 13.1. The minimum absolute atomic E-state index is 0.134. The van der Waals surface area contributed by atoms with Crippen LogP contribution in [0.4, 0.5) is 8.78 Å². The van der Waals surface area contributed by atoms with Gasteiger partial charge in [0.15, 0.2) is 5.69 Å². The molecule has 1 saturated carbocycles. The number of benzene rings is 1. The van der Waals surface area contributed by atoms with Crippen molar-refractivity contribution in [2.45, 2.75) is 63.8 Å². The minimum atomic E-state index is -2.77. The second kappa shape index (κ2) is 11.0. The normalized spacial score (nSPS) is 17.4. The van der Waals surface area contributed by atoms with Crippen LogP contribution in [-0.4, -0.2) is 48.5 Å². The van der Waals surface area contributed by atoms with E-state index in [1.54, 1.807) is 44.2 Å². The maximum atomic E-state index is 13.4. The molecule has 0 unspecified atom stereocenters. The number of alkyl halides is 2. The van der Waals surface area contributed by atoms with Crippen LogP contribution in [-0.2, 0) is 5.54 Å². The molecule has 41 heavy (non-hydrogen) atoms. The number of carbonyl (C=O) groups is 2. The molecule has 3 heterocycles. The lowest BCUT2D eigenvalue weighted by atomic mass is 9.92. The topological polar surface area (TPSA) is 154 Å². The van der Waals surface area contributed by atoms with Crippen molar-refractivity contribution in [3.63, 3.8) is 0 Å². The third kappa shape index (κ3) is 5.58. The van der Waals surface area contributed by atoms with E-state index < -0.39 is 18.0 Å². The fourth-order valence-corrected chi connectivity index (χ4v) is 4.94. The number of nitriles is 1. The number of aromatic nitrogens is 5. The minimum Gasteiger partial charge on any atom is -0.474 e. The summed E-state index contributed by atoms with van der Waals surface area (Å²) in [6, 6.07) is 10.4. The third-order valence-electron chi connectivity index (χ3n) is 7.16. The quantitative estimate of drug-likeness (QED) is 0.327. The monoisotopic (exact) mass is 562 g/mol. The Morgan fingerprint density at radius 3 is 2.61 bits per heavy atom. The number of pyridine rings is 1. The van der Waals surface area contributed by atoms with E-state index in [9.17, 15) is 23.6 Å². The van der Waals surface area contributed by atoms with E-state index in [0.29, 0.717) is 52.4 Å². The predicted molar refractivity (Wildman–Crippen MR) is 144 cm³/mol. The van der Waals surface area contributed by atoms with Crippen LogP contribution in [0.5, 0.6) is 5.88 Å². The summed E-state index contributed by atoms with van der Waals surface area (Å²) in [7, 11) is 0. The molecule has 11 nitrogen and oxygen atoms in total. The van der Waals surface area contributed by atoms with Crippen LogP contribution >= 0.6 is 0 Å². The molecular weight excluding hydrogens is 534 g/mol. The number of nitrogens with two attached hydrogens (primary N) is 1. The van der Waals surface area contributed by atoms with Gasteiger partial charge in [0.1, 0.15) is 17.2 Å². The molecule has 1 aliphatic carbocycles. The molecule has 3 aromatic heterocycles. The van der Waals surface area contributed by atoms with Gasteiger partial charge >= 0.3 is 6.55 Å². The maximum absolute atomic E-state index is 13.4. The SMILES string of the molecule is CC(C)(C#N)n1nc(C(=O)N[C@H]2CC[C@H](Oc3ncccc3C(N)=O)CC2)c2ccc(-c3cnn(C(F)F)c3)cc21. The van der Waals surface area contributed by atoms with Crippen LogP contribution in [0.25, 0.3) is 22.0 Å². The van der Waals surface area contributed by atoms with E-state index in [0.717, 1.165) is 0 Å². The van der Waals surface area contributed by atoms with E-state index in [1.165, 1.54) is 23.3 Å². The lowest BCUT2D eigenvalue weighted by molar-refractivity contribution is 0.0566. The molecule has 1 fully saturated rings. The van der Waals surface area contributed by atoms with E-state index in [1.807, 2.05) is 0 Å². The van der Waals surface area contributed by atoms with E-state index >= 15 is 0 Å². The Kier molecular flexibility index (Phi) is 7.40. The number of halogens is 2. The highest BCUT2D eigenvalue weighted by Gasteiger charge is 2.30. The summed E-state index contributed by atoms with van der Waals surface area (Å²) in [5, 5.41) is 21.6. The molecule has 0 aliphatic heterocycles. The summed E-state index contributed by atoms with van der Waals surface area (Å²) in [5.41, 5.74) is 6.28. The zero-order valence-corrected chi connectivity index (χ0v) is 22.4. The van der Waals surface area contributed by atoms with Crippen LogP contribution in [0.15, 0.2) is 48.9 Å². The van der Waals surface area contributed by atoms with Crippen molar-refractivity contribution in [2.75, 3.05) is 0 Å². The number of nitrogens with one attached hydrogen (secondary N) is 1. The Balaban J connectivity index is 1.34. The second-order valence-electron chi connectivity index (χ2n) is 10.4. The number of ether oxygens (including phenoxy) is 1. The van der Waals surface area contributed by atoms with Crippen molar-refractivity contribution < 1.29 is 23.1 Å². The van der Waals surface area contributed by atoms with Crippen LogP contribution in [0.1, 0.15) is 66.9 Å². The molecule has 4 aromatic rings. The van der Waals surface area contributed by atoms with Gasteiger partial charge in [-0.1, -0.05) is 6.07 Å². The first-order valence-corrected chi connectivity index (χ1v) is 13.1. The van der Waals surface area contributed by atoms with E-state index in [4.69, 9.17) is 10.5 Å². The molecule has 2 amide bonds. The van der Waals surface area contributed by atoms with Gasteiger partial charge < -0.3 is 15.8 Å².